The van der Waals surface area contributed by atoms with Gasteiger partial charge in [-0.05, 0) is 30.2 Å². The van der Waals surface area contributed by atoms with E-state index in [-0.39, 0.29) is 5.91 Å². The number of likely N-dealkylation sites (tertiary alicyclic amines) is 1. The van der Waals surface area contributed by atoms with Gasteiger partial charge in [0.15, 0.2) is 5.96 Å². The van der Waals surface area contributed by atoms with Crippen molar-refractivity contribution in [2.45, 2.75) is 25.8 Å². The van der Waals surface area contributed by atoms with Crippen LogP contribution in [0.25, 0.3) is 0 Å². The number of aromatic nitrogens is 2. The van der Waals surface area contributed by atoms with Crippen molar-refractivity contribution in [3.05, 3.63) is 41.1 Å². The molecule has 2 N–H and O–H groups in total. The second kappa shape index (κ2) is 9.55. The van der Waals surface area contributed by atoms with E-state index in [0.29, 0.717) is 18.5 Å². The zero-order chi connectivity index (χ0) is 19.1. The maximum Gasteiger partial charge on any atom is 0.261 e. The quantitative estimate of drug-likeness (QED) is 0.452. The van der Waals surface area contributed by atoms with Gasteiger partial charge in [-0.2, -0.15) is 0 Å². The Kier molecular flexibility index (Phi) is 6.86. The zero-order valence-corrected chi connectivity index (χ0v) is 16.8. The summed E-state index contributed by atoms with van der Waals surface area (Å²) in [6, 6.07) is 4.14. The lowest BCUT2D eigenvalue weighted by Gasteiger charge is -2.39. The number of carbonyl (C=O) groups excluding carboxylic acids is 1. The van der Waals surface area contributed by atoms with E-state index < -0.39 is 0 Å². The second-order valence-corrected chi connectivity index (χ2v) is 7.80. The van der Waals surface area contributed by atoms with Crippen LogP contribution >= 0.6 is 11.3 Å². The van der Waals surface area contributed by atoms with Gasteiger partial charge in [0, 0.05) is 45.6 Å². The molecule has 2 atom stereocenters. The average Bonchev–Trinajstić information content (AvgIpc) is 3.39. The van der Waals surface area contributed by atoms with Crippen LogP contribution in [0.1, 0.15) is 35.5 Å². The number of nitrogens with one attached hydrogen (secondary N) is 2. The maximum atomic E-state index is 11.9. The molecule has 1 amide bonds. The van der Waals surface area contributed by atoms with Crippen LogP contribution in [0.3, 0.4) is 0 Å². The van der Waals surface area contributed by atoms with Gasteiger partial charge in [0.25, 0.3) is 5.91 Å². The highest BCUT2D eigenvalue weighted by atomic mass is 32.1. The molecule has 27 heavy (non-hydrogen) atoms. The summed E-state index contributed by atoms with van der Waals surface area (Å²) in [7, 11) is 1.82. The van der Waals surface area contributed by atoms with Crippen LogP contribution in [-0.4, -0.2) is 59.5 Å². The van der Waals surface area contributed by atoms with Crippen LogP contribution < -0.4 is 10.6 Å². The molecule has 8 heteroatoms. The first-order chi connectivity index (χ1) is 13.2. The molecule has 146 valence electrons. The molecule has 0 radical (unpaired) electrons. The summed E-state index contributed by atoms with van der Waals surface area (Å²) in [5.74, 6) is 1.54. The lowest BCUT2D eigenvalue weighted by Crippen LogP contribution is -2.49. The van der Waals surface area contributed by atoms with E-state index in [1.807, 2.05) is 43.3 Å². The predicted molar refractivity (Wildman–Crippen MR) is 109 cm³/mol. The van der Waals surface area contributed by atoms with Crippen molar-refractivity contribution in [1.82, 2.24) is 25.1 Å². The van der Waals surface area contributed by atoms with Crippen LogP contribution in [0.2, 0.25) is 0 Å². The molecule has 1 aliphatic heterocycles. The number of nitrogens with zero attached hydrogens (tertiary/aromatic N) is 4. The Bertz CT molecular complexity index is 727. The van der Waals surface area contributed by atoms with E-state index in [2.05, 4.69) is 37.0 Å². The van der Waals surface area contributed by atoms with Crippen molar-refractivity contribution in [3.63, 3.8) is 0 Å². The smallest absolute Gasteiger partial charge is 0.261 e. The van der Waals surface area contributed by atoms with E-state index >= 15 is 0 Å². The number of thiophene rings is 1. The van der Waals surface area contributed by atoms with Gasteiger partial charge in [0.2, 0.25) is 0 Å². The van der Waals surface area contributed by atoms with Gasteiger partial charge in [-0.15, -0.1) is 11.3 Å². The normalized spacial score (nSPS) is 20.5. The van der Waals surface area contributed by atoms with Crippen LogP contribution in [0, 0.1) is 5.92 Å². The first kappa shape index (κ1) is 19.4. The Morgan fingerprint density at radius 2 is 2.26 bits per heavy atom. The Hall–Kier alpha value is -2.35. The van der Waals surface area contributed by atoms with Gasteiger partial charge in [0.05, 0.1) is 17.2 Å². The van der Waals surface area contributed by atoms with Crippen molar-refractivity contribution in [3.8, 4) is 0 Å². The van der Waals surface area contributed by atoms with Crippen molar-refractivity contribution >= 4 is 23.2 Å². The highest BCUT2D eigenvalue weighted by Gasteiger charge is 2.28. The molecule has 1 fully saturated rings. The molecule has 2 aromatic rings. The van der Waals surface area contributed by atoms with Crippen LogP contribution in [0.4, 0.5) is 0 Å². The first-order valence-electron chi connectivity index (χ1n) is 9.43. The number of aliphatic imine (C=N–C) groups is 1. The molecule has 0 spiro atoms. The number of hydrogen-bond acceptors (Lipinski definition) is 4. The molecule has 1 saturated heterocycles. The van der Waals surface area contributed by atoms with E-state index in [1.165, 1.54) is 11.3 Å². The summed E-state index contributed by atoms with van der Waals surface area (Å²) >= 11 is 1.46. The van der Waals surface area contributed by atoms with Crippen molar-refractivity contribution in [1.29, 1.82) is 0 Å². The number of carbonyl (C=O) groups is 1. The van der Waals surface area contributed by atoms with E-state index in [0.717, 1.165) is 43.3 Å². The minimum atomic E-state index is 0.00238. The molecule has 2 aromatic heterocycles. The molecule has 1 aliphatic rings. The minimum Gasteiger partial charge on any atom is -0.356 e. The molecule has 0 aliphatic carbocycles. The lowest BCUT2D eigenvalue weighted by molar-refractivity contribution is 0.0957. The summed E-state index contributed by atoms with van der Waals surface area (Å²) < 4.78 is 2.20. The highest BCUT2D eigenvalue weighted by Crippen LogP contribution is 2.27. The topological polar surface area (TPSA) is 74.6 Å². The maximum absolute atomic E-state index is 11.9. The number of piperidine rings is 1. The van der Waals surface area contributed by atoms with Crippen LogP contribution in [0.15, 0.2) is 41.2 Å². The molecule has 0 bridgehead atoms. The Labute approximate surface area is 164 Å². The zero-order valence-electron chi connectivity index (χ0n) is 16.0. The highest BCUT2D eigenvalue weighted by molar-refractivity contribution is 7.12. The van der Waals surface area contributed by atoms with E-state index in [1.54, 1.807) is 0 Å². The standard InChI is InChI=1S/C19H28N6OS/c1-15-6-10-24(13-16(15)25-11-9-21-14-25)19(20-2)23-8-4-7-22-18(26)17-5-3-12-27-17/h3,5,9,11-12,14-16H,4,6-8,10,13H2,1-2H3,(H,20,23)(H,22,26). The third-order valence-electron chi connectivity index (χ3n) is 5.01. The third-order valence-corrected chi connectivity index (χ3v) is 5.87. The molecule has 7 nitrogen and oxygen atoms in total. The lowest BCUT2D eigenvalue weighted by atomic mass is 9.93. The van der Waals surface area contributed by atoms with Gasteiger partial charge in [-0.25, -0.2) is 4.98 Å². The van der Waals surface area contributed by atoms with Gasteiger partial charge in [-0.1, -0.05) is 13.0 Å². The number of amides is 1. The summed E-state index contributed by atoms with van der Waals surface area (Å²) in [5.41, 5.74) is 0. The van der Waals surface area contributed by atoms with E-state index in [4.69, 9.17) is 0 Å². The molecule has 0 saturated carbocycles. The second-order valence-electron chi connectivity index (χ2n) is 6.85. The summed E-state index contributed by atoms with van der Waals surface area (Å²) in [4.78, 5) is 23.6. The molecular weight excluding hydrogens is 360 g/mol. The number of rotatable bonds is 6. The largest absolute Gasteiger partial charge is 0.356 e. The molecule has 3 heterocycles. The predicted octanol–water partition coefficient (Wildman–Crippen LogP) is 2.22. The van der Waals surface area contributed by atoms with Crippen molar-refractivity contribution in [2.75, 3.05) is 33.2 Å². The van der Waals surface area contributed by atoms with Crippen molar-refractivity contribution < 1.29 is 4.79 Å². The monoisotopic (exact) mass is 388 g/mol. The fraction of sp³-hybridized carbons (Fsp3) is 0.526. The minimum absolute atomic E-state index is 0.00238. The SMILES string of the molecule is CN=C(NCCCNC(=O)c1cccs1)N1CCC(C)C(n2ccnc2)C1. The van der Waals surface area contributed by atoms with Crippen LogP contribution in [0.5, 0.6) is 0 Å². The summed E-state index contributed by atoms with van der Waals surface area (Å²) in [6.45, 7) is 5.65. The Balaban J connectivity index is 1.43. The number of imidazole rings is 1. The Morgan fingerprint density at radius 3 is 2.96 bits per heavy atom. The fourth-order valence-electron chi connectivity index (χ4n) is 3.41. The van der Waals surface area contributed by atoms with Crippen molar-refractivity contribution in [2.24, 2.45) is 10.9 Å². The van der Waals surface area contributed by atoms with Crippen LogP contribution in [-0.2, 0) is 0 Å². The third kappa shape index (κ3) is 5.09. The average molecular weight is 389 g/mol. The van der Waals surface area contributed by atoms with E-state index in [9.17, 15) is 4.79 Å². The van der Waals surface area contributed by atoms with Gasteiger partial charge in [-0.3, -0.25) is 9.79 Å². The number of hydrogen-bond donors (Lipinski definition) is 2. The molecule has 0 aromatic carbocycles. The summed E-state index contributed by atoms with van der Waals surface area (Å²) in [5, 5.41) is 8.30. The molecular formula is C19H28N6OS. The first-order valence-corrected chi connectivity index (χ1v) is 10.3. The van der Waals surface area contributed by atoms with Gasteiger partial charge in [0.1, 0.15) is 0 Å². The molecule has 3 rings (SSSR count). The molecule has 2 unspecified atom stereocenters. The van der Waals surface area contributed by atoms with Gasteiger partial charge < -0.3 is 20.1 Å². The fourth-order valence-corrected chi connectivity index (χ4v) is 4.05. The Morgan fingerprint density at radius 1 is 1.41 bits per heavy atom. The summed E-state index contributed by atoms with van der Waals surface area (Å²) in [6.07, 6.45) is 7.75. The number of guanidine groups is 1. The van der Waals surface area contributed by atoms with Gasteiger partial charge >= 0.3 is 0 Å².